The lowest BCUT2D eigenvalue weighted by Gasteiger charge is -2.09. The van der Waals surface area contributed by atoms with Gasteiger partial charge in [0.1, 0.15) is 5.82 Å². The molecule has 0 nitrogen and oxygen atoms in total. The highest BCUT2D eigenvalue weighted by atomic mass is 79.9. The van der Waals surface area contributed by atoms with Crippen LogP contribution in [-0.4, -0.2) is 0 Å². The second-order valence-electron chi connectivity index (χ2n) is 2.98. The largest absolute Gasteiger partial charge is 0.207 e. The molecule has 0 fully saturated rings. The van der Waals surface area contributed by atoms with Crippen LogP contribution in [0.25, 0.3) is 0 Å². The minimum absolute atomic E-state index is 0.112. The van der Waals surface area contributed by atoms with Crippen molar-refractivity contribution in [1.82, 2.24) is 0 Å². The molecule has 2 heteroatoms. The lowest BCUT2D eigenvalue weighted by Crippen LogP contribution is -1.95. The predicted molar refractivity (Wildman–Crippen MR) is 52.8 cm³/mol. The molecule has 0 saturated heterocycles. The lowest BCUT2D eigenvalue weighted by atomic mass is 9.98. The van der Waals surface area contributed by atoms with Crippen molar-refractivity contribution in [3.05, 3.63) is 34.1 Å². The third kappa shape index (κ3) is 2.07. The third-order valence-corrected chi connectivity index (χ3v) is 2.60. The molecule has 1 rings (SSSR count). The van der Waals surface area contributed by atoms with Crippen LogP contribution in [0, 0.1) is 5.82 Å². The number of hydrogen-bond donors (Lipinski definition) is 0. The number of rotatable bonds is 2. The van der Waals surface area contributed by atoms with Crippen molar-refractivity contribution in [1.29, 1.82) is 0 Å². The summed E-state index contributed by atoms with van der Waals surface area (Å²) in [7, 11) is 0. The van der Waals surface area contributed by atoms with Gasteiger partial charge in [-0.05, 0) is 30.0 Å². The molecule has 0 bridgehead atoms. The summed E-state index contributed by atoms with van der Waals surface area (Å²) in [6, 6.07) is 5.24. The first-order valence-corrected chi connectivity index (χ1v) is 4.89. The average molecular weight is 231 g/mol. The summed E-state index contributed by atoms with van der Waals surface area (Å²) in [6.45, 7) is 4.10. The van der Waals surface area contributed by atoms with Crippen molar-refractivity contribution in [3.63, 3.8) is 0 Å². The Morgan fingerprint density at radius 2 is 2.17 bits per heavy atom. The fourth-order valence-corrected chi connectivity index (χ4v) is 1.45. The zero-order valence-electron chi connectivity index (χ0n) is 7.27. The highest BCUT2D eigenvalue weighted by Crippen LogP contribution is 2.24. The molecule has 66 valence electrons. The Kier molecular flexibility index (Phi) is 3.27. The van der Waals surface area contributed by atoms with E-state index in [0.717, 1.165) is 16.5 Å². The summed E-state index contributed by atoms with van der Waals surface area (Å²) >= 11 is 3.23. The van der Waals surface area contributed by atoms with Gasteiger partial charge in [0.2, 0.25) is 0 Å². The van der Waals surface area contributed by atoms with Crippen molar-refractivity contribution in [3.8, 4) is 0 Å². The fourth-order valence-electron chi connectivity index (χ4n) is 1.12. The van der Waals surface area contributed by atoms with Gasteiger partial charge in [0.25, 0.3) is 0 Å². The SMILES string of the molecule is CC[C@@H](C)c1ccc(Br)cc1F. The van der Waals surface area contributed by atoms with Gasteiger partial charge in [-0.1, -0.05) is 35.8 Å². The molecule has 0 radical (unpaired) electrons. The first-order chi connectivity index (χ1) is 5.65. The van der Waals surface area contributed by atoms with Gasteiger partial charge >= 0.3 is 0 Å². The molecule has 1 aromatic carbocycles. The van der Waals surface area contributed by atoms with E-state index in [2.05, 4.69) is 22.9 Å². The van der Waals surface area contributed by atoms with E-state index in [0.29, 0.717) is 5.92 Å². The van der Waals surface area contributed by atoms with Crippen molar-refractivity contribution in [2.75, 3.05) is 0 Å². The van der Waals surface area contributed by atoms with Crippen LogP contribution in [0.3, 0.4) is 0 Å². The molecule has 0 aliphatic heterocycles. The highest BCUT2D eigenvalue weighted by Gasteiger charge is 2.08. The maximum absolute atomic E-state index is 13.3. The summed E-state index contributed by atoms with van der Waals surface area (Å²) in [6.07, 6.45) is 0.971. The second-order valence-corrected chi connectivity index (χ2v) is 3.89. The van der Waals surface area contributed by atoms with E-state index >= 15 is 0 Å². The molecule has 12 heavy (non-hydrogen) atoms. The normalized spacial score (nSPS) is 13.0. The zero-order chi connectivity index (χ0) is 9.14. The zero-order valence-corrected chi connectivity index (χ0v) is 8.86. The first-order valence-electron chi connectivity index (χ1n) is 4.10. The highest BCUT2D eigenvalue weighted by molar-refractivity contribution is 9.10. The molecule has 0 aromatic heterocycles. The molecule has 0 spiro atoms. The van der Waals surface area contributed by atoms with Crippen molar-refractivity contribution < 1.29 is 4.39 Å². The molecule has 0 N–H and O–H groups in total. The van der Waals surface area contributed by atoms with Gasteiger partial charge in [-0.3, -0.25) is 0 Å². The number of benzene rings is 1. The van der Waals surface area contributed by atoms with Gasteiger partial charge < -0.3 is 0 Å². The number of hydrogen-bond acceptors (Lipinski definition) is 0. The van der Waals surface area contributed by atoms with Gasteiger partial charge in [0.05, 0.1) is 0 Å². The molecule has 0 amide bonds. The summed E-state index contributed by atoms with van der Waals surface area (Å²) in [5, 5.41) is 0. The minimum Gasteiger partial charge on any atom is -0.207 e. The quantitative estimate of drug-likeness (QED) is 0.718. The van der Waals surface area contributed by atoms with Gasteiger partial charge in [-0.2, -0.15) is 0 Å². The Bertz CT molecular complexity index is 271. The summed E-state index contributed by atoms with van der Waals surface area (Å²) in [5.74, 6) is 0.192. The van der Waals surface area contributed by atoms with E-state index in [1.165, 1.54) is 6.07 Å². The van der Waals surface area contributed by atoms with E-state index in [1.807, 2.05) is 19.1 Å². The maximum atomic E-state index is 13.3. The van der Waals surface area contributed by atoms with Crippen molar-refractivity contribution >= 4 is 15.9 Å². The summed E-state index contributed by atoms with van der Waals surface area (Å²) < 4.78 is 14.1. The molecule has 0 aliphatic rings. The molecule has 0 unspecified atom stereocenters. The second kappa shape index (κ2) is 4.04. The van der Waals surface area contributed by atoms with E-state index in [1.54, 1.807) is 0 Å². The lowest BCUT2D eigenvalue weighted by molar-refractivity contribution is 0.583. The van der Waals surface area contributed by atoms with Crippen LogP contribution in [0.15, 0.2) is 22.7 Å². The standard InChI is InChI=1S/C10H12BrF/c1-3-7(2)9-5-4-8(11)6-10(9)12/h4-7H,3H2,1-2H3/t7-/m1/s1. The smallest absolute Gasteiger partial charge is 0.127 e. The Balaban J connectivity index is 3.01. The van der Waals surface area contributed by atoms with Crippen molar-refractivity contribution in [2.24, 2.45) is 0 Å². The summed E-state index contributed by atoms with van der Waals surface area (Å²) in [5.41, 5.74) is 0.806. The van der Waals surface area contributed by atoms with Crippen LogP contribution in [0.4, 0.5) is 4.39 Å². The molecular formula is C10H12BrF. The molecule has 1 aromatic rings. The van der Waals surface area contributed by atoms with E-state index in [4.69, 9.17) is 0 Å². The van der Waals surface area contributed by atoms with Gasteiger partial charge in [-0.15, -0.1) is 0 Å². The Morgan fingerprint density at radius 3 is 2.67 bits per heavy atom. The van der Waals surface area contributed by atoms with Crippen LogP contribution in [0.2, 0.25) is 0 Å². The Hall–Kier alpha value is -0.370. The van der Waals surface area contributed by atoms with Crippen LogP contribution < -0.4 is 0 Å². The Morgan fingerprint density at radius 1 is 1.50 bits per heavy atom. The fraction of sp³-hybridized carbons (Fsp3) is 0.400. The predicted octanol–water partition coefficient (Wildman–Crippen LogP) is 4.10. The molecule has 0 saturated carbocycles. The van der Waals surface area contributed by atoms with Gasteiger partial charge in [0, 0.05) is 4.47 Å². The van der Waals surface area contributed by atoms with Crippen molar-refractivity contribution in [2.45, 2.75) is 26.2 Å². The monoisotopic (exact) mass is 230 g/mol. The number of halogens is 2. The topological polar surface area (TPSA) is 0 Å². The van der Waals surface area contributed by atoms with E-state index in [9.17, 15) is 4.39 Å². The maximum Gasteiger partial charge on any atom is 0.127 e. The Labute approximate surface area is 80.9 Å². The van der Waals surface area contributed by atoms with Gasteiger partial charge in [0.15, 0.2) is 0 Å². The molecule has 0 aliphatic carbocycles. The third-order valence-electron chi connectivity index (χ3n) is 2.11. The van der Waals surface area contributed by atoms with Crippen LogP contribution in [-0.2, 0) is 0 Å². The summed E-state index contributed by atoms with van der Waals surface area (Å²) in [4.78, 5) is 0. The molecule has 0 heterocycles. The van der Waals surface area contributed by atoms with Crippen LogP contribution >= 0.6 is 15.9 Å². The average Bonchev–Trinajstić information content (AvgIpc) is 2.03. The van der Waals surface area contributed by atoms with Crippen LogP contribution in [0.5, 0.6) is 0 Å². The van der Waals surface area contributed by atoms with Crippen LogP contribution in [0.1, 0.15) is 31.7 Å². The van der Waals surface area contributed by atoms with E-state index < -0.39 is 0 Å². The molecule has 1 atom stereocenters. The first kappa shape index (κ1) is 9.72. The minimum atomic E-state index is -0.112. The van der Waals surface area contributed by atoms with E-state index in [-0.39, 0.29) is 5.82 Å². The molecular weight excluding hydrogens is 219 g/mol. The van der Waals surface area contributed by atoms with Gasteiger partial charge in [-0.25, -0.2) is 4.39 Å².